The maximum atomic E-state index is 12.3. The summed E-state index contributed by atoms with van der Waals surface area (Å²) in [7, 11) is 0. The fraction of sp³-hybridized carbons (Fsp3) is 0.267. The average molecular weight is 352 g/mol. The van der Waals surface area contributed by atoms with E-state index < -0.39 is 17.9 Å². The molecule has 2 heterocycles. The molecule has 2 aromatic rings. The number of hydrogen-bond acceptors (Lipinski definition) is 6. The molecule has 0 aromatic carbocycles. The number of aliphatic carboxylic acids is 1. The Morgan fingerprint density at radius 3 is 2.96 bits per heavy atom. The van der Waals surface area contributed by atoms with Gasteiger partial charge in [-0.1, -0.05) is 12.1 Å². The van der Waals surface area contributed by atoms with Crippen LogP contribution in [0.25, 0.3) is 9.88 Å². The number of aromatic nitrogens is 1. The highest BCUT2D eigenvalue weighted by atomic mass is 32.1. The minimum Gasteiger partial charge on any atom is -0.480 e. The largest absolute Gasteiger partial charge is 0.480 e. The van der Waals surface area contributed by atoms with Crippen molar-refractivity contribution < 1.29 is 19.4 Å². The molecule has 0 bridgehead atoms. The standard InChI is InChI=1S/C15H16N2O4S2/c1-3-6-21-8-10(15(19)20)17-13(18)12-9(2)16-14(23-12)11-5-4-7-22-11/h3-5,7,10H,1,6,8H2,2H3,(H,17,18)(H,19,20). The van der Waals surface area contributed by atoms with E-state index in [0.717, 1.165) is 9.88 Å². The molecule has 0 aliphatic carbocycles. The summed E-state index contributed by atoms with van der Waals surface area (Å²) in [5.41, 5.74) is 0.576. The van der Waals surface area contributed by atoms with Crippen molar-refractivity contribution in [2.24, 2.45) is 0 Å². The van der Waals surface area contributed by atoms with Crippen molar-refractivity contribution in [3.63, 3.8) is 0 Å². The number of rotatable bonds is 8. The van der Waals surface area contributed by atoms with Crippen molar-refractivity contribution in [3.05, 3.63) is 40.7 Å². The second-order valence-electron chi connectivity index (χ2n) is 4.60. The number of ether oxygens (including phenoxy) is 1. The van der Waals surface area contributed by atoms with Crippen LogP contribution in [0.3, 0.4) is 0 Å². The van der Waals surface area contributed by atoms with Crippen LogP contribution in [0, 0.1) is 6.92 Å². The summed E-state index contributed by atoms with van der Waals surface area (Å²) in [5, 5.41) is 14.3. The van der Waals surface area contributed by atoms with Gasteiger partial charge in [-0.3, -0.25) is 4.79 Å². The topological polar surface area (TPSA) is 88.5 Å². The van der Waals surface area contributed by atoms with E-state index in [9.17, 15) is 9.59 Å². The van der Waals surface area contributed by atoms with Gasteiger partial charge in [-0.25, -0.2) is 9.78 Å². The first-order valence-corrected chi connectivity index (χ1v) is 8.46. The lowest BCUT2D eigenvalue weighted by molar-refractivity contribution is -0.140. The first kappa shape index (κ1) is 17.3. The van der Waals surface area contributed by atoms with Gasteiger partial charge in [0.15, 0.2) is 6.04 Å². The van der Waals surface area contributed by atoms with Crippen LogP contribution in [0.2, 0.25) is 0 Å². The van der Waals surface area contributed by atoms with E-state index in [4.69, 9.17) is 9.84 Å². The Balaban J connectivity index is 2.10. The number of carbonyl (C=O) groups excluding carboxylic acids is 1. The number of thiophene rings is 1. The fourth-order valence-corrected chi connectivity index (χ4v) is 3.55. The van der Waals surface area contributed by atoms with Crippen LogP contribution in [0.5, 0.6) is 0 Å². The first-order chi connectivity index (χ1) is 11.0. The number of nitrogens with one attached hydrogen (secondary N) is 1. The Morgan fingerprint density at radius 2 is 2.35 bits per heavy atom. The number of aryl methyl sites for hydroxylation is 1. The van der Waals surface area contributed by atoms with E-state index in [1.165, 1.54) is 28.7 Å². The smallest absolute Gasteiger partial charge is 0.328 e. The second-order valence-corrected chi connectivity index (χ2v) is 6.55. The van der Waals surface area contributed by atoms with E-state index in [1.54, 1.807) is 6.92 Å². The monoisotopic (exact) mass is 352 g/mol. The molecule has 1 unspecified atom stereocenters. The van der Waals surface area contributed by atoms with Crippen molar-refractivity contribution in [2.75, 3.05) is 13.2 Å². The van der Waals surface area contributed by atoms with Crippen LogP contribution in [0.4, 0.5) is 0 Å². The highest BCUT2D eigenvalue weighted by Crippen LogP contribution is 2.30. The summed E-state index contributed by atoms with van der Waals surface area (Å²) < 4.78 is 5.11. The molecule has 0 saturated heterocycles. The van der Waals surface area contributed by atoms with Gasteiger partial charge < -0.3 is 15.2 Å². The van der Waals surface area contributed by atoms with E-state index in [2.05, 4.69) is 16.9 Å². The van der Waals surface area contributed by atoms with Gasteiger partial charge in [0.25, 0.3) is 5.91 Å². The molecule has 0 spiro atoms. The number of carboxylic acid groups (broad SMARTS) is 1. The molecule has 0 radical (unpaired) electrons. The van der Waals surface area contributed by atoms with Crippen LogP contribution in [-0.2, 0) is 9.53 Å². The zero-order valence-corrected chi connectivity index (χ0v) is 14.1. The van der Waals surface area contributed by atoms with E-state index >= 15 is 0 Å². The summed E-state index contributed by atoms with van der Waals surface area (Å²) in [6.45, 7) is 5.31. The summed E-state index contributed by atoms with van der Waals surface area (Å²) in [5.74, 6) is -1.61. The molecule has 1 amide bonds. The van der Waals surface area contributed by atoms with E-state index in [-0.39, 0.29) is 13.2 Å². The molecule has 2 rings (SSSR count). The molecule has 2 aromatic heterocycles. The van der Waals surface area contributed by atoms with Gasteiger partial charge in [-0.2, -0.15) is 0 Å². The molecule has 122 valence electrons. The molecule has 0 aliphatic heterocycles. The predicted molar refractivity (Wildman–Crippen MR) is 90.1 cm³/mol. The van der Waals surface area contributed by atoms with Crippen LogP contribution in [-0.4, -0.2) is 41.2 Å². The Hall–Kier alpha value is -2.03. The molecule has 0 fully saturated rings. The predicted octanol–water partition coefficient (Wildman–Crippen LogP) is 2.57. The molecular formula is C15H16N2O4S2. The summed E-state index contributed by atoms with van der Waals surface area (Å²) in [6.07, 6.45) is 1.52. The number of carbonyl (C=O) groups is 2. The van der Waals surface area contributed by atoms with Crippen molar-refractivity contribution in [1.82, 2.24) is 10.3 Å². The van der Waals surface area contributed by atoms with Gasteiger partial charge in [-0.15, -0.1) is 29.3 Å². The van der Waals surface area contributed by atoms with Gasteiger partial charge in [0, 0.05) is 0 Å². The third kappa shape index (κ3) is 4.47. The Morgan fingerprint density at radius 1 is 1.57 bits per heavy atom. The van der Waals surface area contributed by atoms with Gasteiger partial charge in [-0.05, 0) is 18.4 Å². The van der Waals surface area contributed by atoms with Crippen molar-refractivity contribution in [2.45, 2.75) is 13.0 Å². The third-order valence-electron chi connectivity index (χ3n) is 2.86. The number of nitrogens with zero attached hydrogens (tertiary/aromatic N) is 1. The maximum Gasteiger partial charge on any atom is 0.328 e. The Labute approximate surface area is 141 Å². The summed E-state index contributed by atoms with van der Waals surface area (Å²) in [6, 6.07) is 2.72. The lowest BCUT2D eigenvalue weighted by Crippen LogP contribution is -2.44. The fourth-order valence-electron chi connectivity index (χ4n) is 1.78. The zero-order chi connectivity index (χ0) is 16.8. The molecule has 2 N–H and O–H groups in total. The Kier molecular flexibility index (Phi) is 6.03. The average Bonchev–Trinajstić information content (AvgIpc) is 3.15. The number of hydrogen-bond donors (Lipinski definition) is 2. The molecule has 8 heteroatoms. The lowest BCUT2D eigenvalue weighted by Gasteiger charge is -2.13. The summed E-state index contributed by atoms with van der Waals surface area (Å²) in [4.78, 5) is 29.3. The van der Waals surface area contributed by atoms with Crippen molar-refractivity contribution >= 4 is 34.6 Å². The van der Waals surface area contributed by atoms with Crippen molar-refractivity contribution in [1.29, 1.82) is 0 Å². The number of amides is 1. The normalized spacial score (nSPS) is 11.9. The first-order valence-electron chi connectivity index (χ1n) is 6.76. The quantitative estimate of drug-likeness (QED) is 0.563. The minimum atomic E-state index is -1.15. The highest BCUT2D eigenvalue weighted by molar-refractivity contribution is 7.22. The van der Waals surface area contributed by atoms with Gasteiger partial charge in [0.1, 0.15) is 9.88 Å². The number of carboxylic acids is 1. The zero-order valence-electron chi connectivity index (χ0n) is 12.4. The molecule has 1 atom stereocenters. The van der Waals surface area contributed by atoms with Crippen LogP contribution < -0.4 is 5.32 Å². The lowest BCUT2D eigenvalue weighted by atomic mass is 10.3. The van der Waals surface area contributed by atoms with E-state index in [1.807, 2.05) is 17.5 Å². The van der Waals surface area contributed by atoms with Crippen molar-refractivity contribution in [3.8, 4) is 9.88 Å². The highest BCUT2D eigenvalue weighted by Gasteiger charge is 2.24. The minimum absolute atomic E-state index is 0.122. The number of thiazole rings is 1. The Bertz CT molecular complexity index is 694. The van der Waals surface area contributed by atoms with E-state index in [0.29, 0.717) is 10.6 Å². The molecule has 0 saturated carbocycles. The van der Waals surface area contributed by atoms with Gasteiger partial charge in [0.2, 0.25) is 0 Å². The maximum absolute atomic E-state index is 12.3. The third-order valence-corrected chi connectivity index (χ3v) is 5.05. The van der Waals surface area contributed by atoms with Gasteiger partial charge >= 0.3 is 5.97 Å². The van der Waals surface area contributed by atoms with Crippen LogP contribution in [0.1, 0.15) is 15.4 Å². The molecule has 23 heavy (non-hydrogen) atoms. The summed E-state index contributed by atoms with van der Waals surface area (Å²) >= 11 is 2.78. The van der Waals surface area contributed by atoms with Crippen LogP contribution in [0.15, 0.2) is 30.2 Å². The molecule has 0 aliphatic rings. The SMILES string of the molecule is C=CCOCC(NC(=O)c1sc(-c2cccs2)nc1C)C(=O)O. The molecular weight excluding hydrogens is 336 g/mol. The second kappa shape index (κ2) is 8.00. The molecule has 6 nitrogen and oxygen atoms in total. The van der Waals surface area contributed by atoms with Gasteiger partial charge in [0.05, 0.1) is 23.8 Å². The van der Waals surface area contributed by atoms with Crippen LogP contribution >= 0.6 is 22.7 Å².